The van der Waals surface area contributed by atoms with Crippen molar-refractivity contribution in [1.82, 2.24) is 4.90 Å². The molecule has 0 amide bonds. The fraction of sp³-hybridized carbons (Fsp3) is 0.522. The van der Waals surface area contributed by atoms with Crippen LogP contribution in [0.5, 0.6) is 0 Å². The second kappa shape index (κ2) is 8.92. The van der Waals surface area contributed by atoms with Gasteiger partial charge in [0, 0.05) is 18.8 Å². The zero-order valence-electron chi connectivity index (χ0n) is 16.5. The second-order valence-corrected chi connectivity index (χ2v) is 9.55. The number of nitrogens with zero attached hydrogens (tertiary/aromatic N) is 1. The summed E-state index contributed by atoms with van der Waals surface area (Å²) in [7, 11) is 0. The smallest absolute Gasteiger partial charge is 0.338 e. The Morgan fingerprint density at radius 2 is 2.03 bits per heavy atom. The third-order valence-corrected chi connectivity index (χ3v) is 7.77. The number of carbonyl (C=O) groups is 1. The molecule has 2 N–H and O–H groups in total. The number of benzene rings is 1. The molecule has 29 heavy (non-hydrogen) atoms. The first-order valence-corrected chi connectivity index (χ1v) is 11.4. The molecule has 4 rings (SSSR count). The fourth-order valence-corrected chi connectivity index (χ4v) is 6.29. The highest BCUT2D eigenvalue weighted by atomic mass is 32.2. The molecular formula is C23H28FNO3S. The van der Waals surface area contributed by atoms with E-state index in [0.717, 1.165) is 30.0 Å². The Morgan fingerprint density at radius 3 is 2.69 bits per heavy atom. The van der Waals surface area contributed by atoms with Gasteiger partial charge in [-0.1, -0.05) is 24.6 Å². The monoisotopic (exact) mass is 417 g/mol. The number of hydrogen-bond acceptors (Lipinski definition) is 4. The minimum absolute atomic E-state index is 0.322. The van der Waals surface area contributed by atoms with Crippen molar-refractivity contribution in [3.05, 3.63) is 58.4 Å². The van der Waals surface area contributed by atoms with E-state index < -0.39 is 12.1 Å². The van der Waals surface area contributed by atoms with Gasteiger partial charge in [-0.05, 0) is 67.2 Å². The van der Waals surface area contributed by atoms with Gasteiger partial charge in [0.25, 0.3) is 0 Å². The number of aliphatic carboxylic acids is 1. The maximum absolute atomic E-state index is 13.1. The van der Waals surface area contributed by atoms with Gasteiger partial charge in [0.1, 0.15) is 5.82 Å². The molecule has 4 atom stereocenters. The van der Waals surface area contributed by atoms with Gasteiger partial charge < -0.3 is 15.1 Å². The number of halogens is 1. The molecule has 2 fully saturated rings. The molecule has 0 saturated heterocycles. The van der Waals surface area contributed by atoms with Crippen LogP contribution < -0.4 is 0 Å². The summed E-state index contributed by atoms with van der Waals surface area (Å²) in [5, 5.41) is 20.9. The number of carboxylic acid groups (broad SMARTS) is 1. The summed E-state index contributed by atoms with van der Waals surface area (Å²) in [6.45, 7) is 1.67. The minimum Gasteiger partial charge on any atom is -0.478 e. The average Bonchev–Trinajstić information content (AvgIpc) is 3.32. The van der Waals surface area contributed by atoms with E-state index in [1.54, 1.807) is 18.2 Å². The van der Waals surface area contributed by atoms with Crippen LogP contribution in [0, 0.1) is 23.6 Å². The van der Waals surface area contributed by atoms with E-state index in [9.17, 15) is 19.4 Å². The number of thioether (sulfide) groups is 1. The summed E-state index contributed by atoms with van der Waals surface area (Å²) in [6.07, 6.45) is 8.74. The maximum atomic E-state index is 13.1. The Labute approximate surface area is 175 Å². The lowest BCUT2D eigenvalue weighted by Crippen LogP contribution is -2.33. The lowest BCUT2D eigenvalue weighted by Gasteiger charge is -2.34. The molecule has 1 aromatic carbocycles. The fourth-order valence-electron chi connectivity index (χ4n) is 5.11. The molecule has 2 bridgehead atoms. The number of hydrogen-bond donors (Lipinski definition) is 2. The second-order valence-electron chi connectivity index (χ2n) is 8.47. The minimum atomic E-state index is -0.902. The van der Waals surface area contributed by atoms with Crippen LogP contribution in [0.4, 0.5) is 4.39 Å². The number of aliphatic hydroxyl groups excluding tert-OH is 1. The molecule has 2 aliphatic carbocycles. The summed E-state index contributed by atoms with van der Waals surface area (Å²) < 4.78 is 13.1. The summed E-state index contributed by atoms with van der Waals surface area (Å²) in [5.41, 5.74) is 1.03. The third kappa shape index (κ3) is 4.69. The molecule has 0 spiro atoms. The van der Waals surface area contributed by atoms with Gasteiger partial charge in [-0.25, -0.2) is 9.18 Å². The Kier molecular flexibility index (Phi) is 6.30. The van der Waals surface area contributed by atoms with Gasteiger partial charge in [0.05, 0.1) is 16.7 Å². The lowest BCUT2D eigenvalue weighted by atomic mass is 9.88. The first kappa shape index (κ1) is 20.5. The third-order valence-electron chi connectivity index (χ3n) is 6.58. The molecule has 1 heterocycles. The van der Waals surface area contributed by atoms with Crippen LogP contribution in [0.15, 0.2) is 47.0 Å². The summed E-state index contributed by atoms with van der Waals surface area (Å²) in [6, 6.07) is 5.88. The number of rotatable bonds is 8. The predicted octanol–water partition coefficient (Wildman–Crippen LogP) is 4.59. The van der Waals surface area contributed by atoms with Gasteiger partial charge in [0.2, 0.25) is 0 Å². The summed E-state index contributed by atoms with van der Waals surface area (Å²) in [4.78, 5) is 14.0. The lowest BCUT2D eigenvalue weighted by molar-refractivity contribution is -0.132. The zero-order valence-corrected chi connectivity index (χ0v) is 17.3. The molecule has 6 heteroatoms. The van der Waals surface area contributed by atoms with Crippen LogP contribution in [0.2, 0.25) is 0 Å². The van der Waals surface area contributed by atoms with E-state index in [1.165, 1.54) is 49.6 Å². The van der Waals surface area contributed by atoms with Crippen molar-refractivity contribution in [1.29, 1.82) is 0 Å². The Balaban J connectivity index is 1.40. The van der Waals surface area contributed by atoms with E-state index in [1.807, 2.05) is 6.08 Å². The molecule has 0 aromatic heterocycles. The van der Waals surface area contributed by atoms with Crippen LogP contribution in [0.3, 0.4) is 0 Å². The van der Waals surface area contributed by atoms with Crippen molar-refractivity contribution < 1.29 is 19.4 Å². The highest BCUT2D eigenvalue weighted by Gasteiger charge is 2.40. The average molecular weight is 418 g/mol. The van der Waals surface area contributed by atoms with Gasteiger partial charge in [-0.3, -0.25) is 0 Å². The standard InChI is InChI=1S/C23H28FNO3S/c24-19-7-5-16(6-8-19)21(26)9-11-29-22-20(23(27)28)2-1-10-25(22)14-18-13-15-3-4-17(18)12-15/h1-2,5-8,15,17-18,21,26H,3-4,9-14H2,(H,27,28). The molecule has 4 nitrogen and oxygen atoms in total. The van der Waals surface area contributed by atoms with Crippen molar-refractivity contribution in [3.8, 4) is 0 Å². The van der Waals surface area contributed by atoms with Gasteiger partial charge in [0.15, 0.2) is 0 Å². The Morgan fingerprint density at radius 1 is 1.24 bits per heavy atom. The van der Waals surface area contributed by atoms with Crippen LogP contribution in [0.1, 0.15) is 43.8 Å². The van der Waals surface area contributed by atoms with E-state index in [4.69, 9.17) is 0 Å². The van der Waals surface area contributed by atoms with Crippen molar-refractivity contribution in [3.63, 3.8) is 0 Å². The van der Waals surface area contributed by atoms with E-state index >= 15 is 0 Å². The normalized spacial score (nSPS) is 27.0. The van der Waals surface area contributed by atoms with Crippen LogP contribution in [-0.2, 0) is 4.79 Å². The van der Waals surface area contributed by atoms with E-state index in [-0.39, 0.29) is 5.82 Å². The molecule has 2 saturated carbocycles. The number of carboxylic acids is 1. The topological polar surface area (TPSA) is 60.8 Å². The first-order chi connectivity index (χ1) is 14.0. The van der Waals surface area contributed by atoms with E-state index in [2.05, 4.69) is 4.90 Å². The Bertz CT molecular complexity index is 807. The SMILES string of the molecule is O=C(O)C1=C(SCCC(O)c2ccc(F)cc2)N(CC2CC3CCC2C3)CC=C1. The first-order valence-electron chi connectivity index (χ1n) is 10.5. The van der Waals surface area contributed by atoms with Crippen LogP contribution in [0.25, 0.3) is 0 Å². The molecule has 3 aliphatic rings. The number of aliphatic hydroxyl groups is 1. The largest absolute Gasteiger partial charge is 0.478 e. The van der Waals surface area contributed by atoms with Crippen molar-refractivity contribution in [2.45, 2.75) is 38.2 Å². The van der Waals surface area contributed by atoms with Crippen LogP contribution in [-0.4, -0.2) is 39.9 Å². The van der Waals surface area contributed by atoms with Crippen molar-refractivity contribution in [2.75, 3.05) is 18.8 Å². The highest BCUT2D eigenvalue weighted by Crippen LogP contribution is 2.49. The van der Waals surface area contributed by atoms with Gasteiger partial charge in [-0.15, -0.1) is 11.8 Å². The number of fused-ring (bicyclic) bond motifs is 2. The van der Waals surface area contributed by atoms with E-state index in [0.29, 0.717) is 29.2 Å². The summed E-state index contributed by atoms with van der Waals surface area (Å²) >= 11 is 1.51. The molecule has 1 aliphatic heterocycles. The summed E-state index contributed by atoms with van der Waals surface area (Å²) in [5.74, 6) is 1.71. The molecular weight excluding hydrogens is 389 g/mol. The quantitative estimate of drug-likeness (QED) is 0.648. The van der Waals surface area contributed by atoms with Gasteiger partial charge in [-0.2, -0.15) is 0 Å². The van der Waals surface area contributed by atoms with Crippen LogP contribution >= 0.6 is 11.8 Å². The Hall–Kier alpha value is -1.79. The van der Waals surface area contributed by atoms with Crippen molar-refractivity contribution >= 4 is 17.7 Å². The molecule has 1 aromatic rings. The molecule has 0 radical (unpaired) electrons. The maximum Gasteiger partial charge on any atom is 0.338 e. The van der Waals surface area contributed by atoms with Gasteiger partial charge >= 0.3 is 5.97 Å². The highest BCUT2D eigenvalue weighted by molar-refractivity contribution is 8.03. The molecule has 4 unspecified atom stereocenters. The van der Waals surface area contributed by atoms with Crippen molar-refractivity contribution in [2.24, 2.45) is 17.8 Å². The zero-order chi connectivity index (χ0) is 20.4. The predicted molar refractivity (Wildman–Crippen MR) is 113 cm³/mol. The molecule has 156 valence electrons.